The van der Waals surface area contributed by atoms with E-state index in [-0.39, 0.29) is 12.2 Å². The number of ketones is 1. The number of amides is 1. The first-order valence-corrected chi connectivity index (χ1v) is 7.74. The summed E-state index contributed by atoms with van der Waals surface area (Å²) in [7, 11) is 1.54. The van der Waals surface area contributed by atoms with Gasteiger partial charge in [-0.15, -0.1) is 0 Å². The summed E-state index contributed by atoms with van der Waals surface area (Å²) in [5, 5.41) is 13.4. The van der Waals surface area contributed by atoms with Crippen molar-refractivity contribution in [1.29, 1.82) is 0 Å². The SMILES string of the molecule is COc1ccc(C(=O)CC2(O)C(=O)Nc3cc(Br)ccc32)cc1. The monoisotopic (exact) mass is 375 g/mol. The zero-order valence-corrected chi connectivity index (χ0v) is 13.9. The molecule has 0 fully saturated rings. The summed E-state index contributed by atoms with van der Waals surface area (Å²) in [5.74, 6) is -0.275. The van der Waals surface area contributed by atoms with E-state index in [1.165, 1.54) is 7.11 Å². The van der Waals surface area contributed by atoms with Crippen LogP contribution in [0.25, 0.3) is 0 Å². The molecule has 0 spiro atoms. The number of anilines is 1. The van der Waals surface area contributed by atoms with Crippen LogP contribution < -0.4 is 10.1 Å². The molecule has 1 aliphatic rings. The molecule has 0 saturated heterocycles. The van der Waals surface area contributed by atoms with Gasteiger partial charge >= 0.3 is 0 Å². The summed E-state index contributed by atoms with van der Waals surface area (Å²) in [5.41, 5.74) is -0.521. The Kier molecular flexibility index (Phi) is 3.95. The van der Waals surface area contributed by atoms with E-state index >= 15 is 0 Å². The third-order valence-corrected chi connectivity index (χ3v) is 4.37. The highest BCUT2D eigenvalue weighted by Crippen LogP contribution is 2.40. The average Bonchev–Trinajstić information content (AvgIpc) is 2.77. The molecule has 5 nitrogen and oxygen atoms in total. The van der Waals surface area contributed by atoms with Crippen molar-refractivity contribution in [2.45, 2.75) is 12.0 Å². The summed E-state index contributed by atoms with van der Waals surface area (Å²) < 4.78 is 5.83. The fraction of sp³-hybridized carbons (Fsp3) is 0.176. The maximum Gasteiger partial charge on any atom is 0.261 e. The molecule has 1 atom stereocenters. The van der Waals surface area contributed by atoms with Gasteiger partial charge in [-0.05, 0) is 36.4 Å². The van der Waals surface area contributed by atoms with E-state index < -0.39 is 11.5 Å². The Hall–Kier alpha value is -2.18. The molecule has 1 amide bonds. The van der Waals surface area contributed by atoms with Crippen LogP contribution in [-0.2, 0) is 10.4 Å². The number of hydrogen-bond acceptors (Lipinski definition) is 4. The van der Waals surface area contributed by atoms with Crippen LogP contribution in [0.5, 0.6) is 5.75 Å². The summed E-state index contributed by atoms with van der Waals surface area (Å²) in [6.07, 6.45) is -0.320. The molecule has 0 bridgehead atoms. The van der Waals surface area contributed by atoms with E-state index in [9.17, 15) is 14.7 Å². The van der Waals surface area contributed by atoms with Crippen LogP contribution in [0.3, 0.4) is 0 Å². The van der Waals surface area contributed by atoms with E-state index in [1.54, 1.807) is 42.5 Å². The van der Waals surface area contributed by atoms with Crippen molar-refractivity contribution >= 4 is 33.3 Å². The lowest BCUT2D eigenvalue weighted by molar-refractivity contribution is -0.133. The van der Waals surface area contributed by atoms with Gasteiger partial charge in [-0.2, -0.15) is 0 Å². The summed E-state index contributed by atoms with van der Waals surface area (Å²) in [6.45, 7) is 0. The third kappa shape index (κ3) is 2.75. The fourth-order valence-electron chi connectivity index (χ4n) is 2.62. The van der Waals surface area contributed by atoms with Crippen molar-refractivity contribution in [1.82, 2.24) is 0 Å². The van der Waals surface area contributed by atoms with Gasteiger partial charge in [-0.3, -0.25) is 9.59 Å². The van der Waals surface area contributed by atoms with Gasteiger partial charge in [-0.25, -0.2) is 0 Å². The Morgan fingerprint density at radius 3 is 2.61 bits per heavy atom. The second kappa shape index (κ2) is 5.79. The number of carbonyl (C=O) groups excluding carboxylic acids is 2. The zero-order chi connectivity index (χ0) is 16.6. The Morgan fingerprint density at radius 1 is 1.26 bits per heavy atom. The number of rotatable bonds is 4. The Morgan fingerprint density at radius 2 is 1.96 bits per heavy atom. The Bertz CT molecular complexity index is 788. The molecule has 2 aromatic carbocycles. The summed E-state index contributed by atoms with van der Waals surface area (Å²) in [4.78, 5) is 24.6. The van der Waals surface area contributed by atoms with Gasteiger partial charge in [0, 0.05) is 21.3 Å². The minimum absolute atomic E-state index is 0.318. The number of methoxy groups -OCH3 is 1. The van der Waals surface area contributed by atoms with Gasteiger partial charge in [0.2, 0.25) is 0 Å². The summed E-state index contributed by atoms with van der Waals surface area (Å²) >= 11 is 3.31. The molecule has 6 heteroatoms. The Labute approximate surface area is 141 Å². The maximum atomic E-state index is 12.4. The number of hydrogen-bond donors (Lipinski definition) is 2. The first-order chi connectivity index (χ1) is 10.9. The highest BCUT2D eigenvalue weighted by molar-refractivity contribution is 9.10. The van der Waals surface area contributed by atoms with E-state index in [0.29, 0.717) is 22.6 Å². The number of benzene rings is 2. The highest BCUT2D eigenvalue weighted by Gasteiger charge is 2.46. The first-order valence-electron chi connectivity index (χ1n) is 6.95. The van der Waals surface area contributed by atoms with Crippen molar-refractivity contribution < 1.29 is 19.4 Å². The van der Waals surface area contributed by atoms with Crippen molar-refractivity contribution in [3.63, 3.8) is 0 Å². The van der Waals surface area contributed by atoms with Crippen LogP contribution in [0.15, 0.2) is 46.9 Å². The molecule has 0 aliphatic carbocycles. The molecule has 1 heterocycles. The number of aliphatic hydroxyl groups is 1. The standard InChI is InChI=1S/C17H14BrNO4/c1-23-12-5-2-10(3-6-12)15(20)9-17(22)13-7-4-11(18)8-14(13)19-16(17)21/h2-8,22H,9H2,1H3,(H,19,21). The fourth-order valence-corrected chi connectivity index (χ4v) is 2.98. The lowest BCUT2D eigenvalue weighted by atomic mass is 9.88. The minimum atomic E-state index is -1.85. The molecule has 2 aromatic rings. The molecule has 1 aliphatic heterocycles. The van der Waals surface area contributed by atoms with E-state index in [2.05, 4.69) is 21.2 Å². The van der Waals surface area contributed by atoms with E-state index in [0.717, 1.165) is 4.47 Å². The average molecular weight is 376 g/mol. The molecular weight excluding hydrogens is 362 g/mol. The number of halogens is 1. The largest absolute Gasteiger partial charge is 0.497 e. The topological polar surface area (TPSA) is 75.6 Å². The molecule has 3 rings (SSSR count). The molecule has 23 heavy (non-hydrogen) atoms. The zero-order valence-electron chi connectivity index (χ0n) is 12.3. The lowest BCUT2D eigenvalue weighted by Gasteiger charge is -2.20. The number of Topliss-reactive ketones (excluding diaryl/α,β-unsaturated/α-hetero) is 1. The predicted molar refractivity (Wildman–Crippen MR) is 88.6 cm³/mol. The minimum Gasteiger partial charge on any atom is -0.497 e. The van der Waals surface area contributed by atoms with Crippen molar-refractivity contribution in [3.05, 3.63) is 58.1 Å². The van der Waals surface area contributed by atoms with Crippen LogP contribution in [0.2, 0.25) is 0 Å². The van der Waals surface area contributed by atoms with Crippen LogP contribution in [-0.4, -0.2) is 23.9 Å². The van der Waals surface area contributed by atoms with Crippen LogP contribution in [0.1, 0.15) is 22.3 Å². The third-order valence-electron chi connectivity index (χ3n) is 3.88. The van der Waals surface area contributed by atoms with Crippen LogP contribution >= 0.6 is 15.9 Å². The molecule has 0 saturated carbocycles. The van der Waals surface area contributed by atoms with Gasteiger partial charge in [0.05, 0.1) is 13.5 Å². The van der Waals surface area contributed by atoms with Gasteiger partial charge in [0.25, 0.3) is 5.91 Å². The van der Waals surface area contributed by atoms with E-state index in [1.807, 2.05) is 0 Å². The molecule has 0 radical (unpaired) electrons. The number of fused-ring (bicyclic) bond motifs is 1. The van der Waals surface area contributed by atoms with Gasteiger partial charge < -0.3 is 15.2 Å². The molecule has 2 N–H and O–H groups in total. The molecular formula is C17H14BrNO4. The number of nitrogens with one attached hydrogen (secondary N) is 1. The first kappa shape index (κ1) is 15.7. The molecule has 1 unspecified atom stereocenters. The normalized spacial score (nSPS) is 19.2. The van der Waals surface area contributed by atoms with Gasteiger partial charge in [-0.1, -0.05) is 22.0 Å². The lowest BCUT2D eigenvalue weighted by Crippen LogP contribution is -2.36. The van der Waals surface area contributed by atoms with Crippen molar-refractivity contribution in [3.8, 4) is 5.75 Å². The summed E-state index contributed by atoms with van der Waals surface area (Å²) in [6, 6.07) is 11.6. The van der Waals surface area contributed by atoms with Crippen LogP contribution in [0, 0.1) is 0 Å². The molecule has 0 aromatic heterocycles. The van der Waals surface area contributed by atoms with Gasteiger partial charge in [0.15, 0.2) is 11.4 Å². The maximum absolute atomic E-state index is 12.4. The van der Waals surface area contributed by atoms with Crippen molar-refractivity contribution in [2.24, 2.45) is 0 Å². The molecule has 118 valence electrons. The predicted octanol–water partition coefficient (Wildman–Crippen LogP) is 2.87. The second-order valence-electron chi connectivity index (χ2n) is 5.33. The van der Waals surface area contributed by atoms with E-state index in [4.69, 9.17) is 4.74 Å². The smallest absolute Gasteiger partial charge is 0.261 e. The Balaban J connectivity index is 1.89. The number of carbonyl (C=O) groups is 2. The number of ether oxygens (including phenoxy) is 1. The van der Waals surface area contributed by atoms with Crippen molar-refractivity contribution in [2.75, 3.05) is 12.4 Å². The van der Waals surface area contributed by atoms with Crippen LogP contribution in [0.4, 0.5) is 5.69 Å². The second-order valence-corrected chi connectivity index (χ2v) is 6.25. The highest BCUT2D eigenvalue weighted by atomic mass is 79.9. The quantitative estimate of drug-likeness (QED) is 0.805. The van der Waals surface area contributed by atoms with Gasteiger partial charge in [0.1, 0.15) is 5.75 Å².